The van der Waals surface area contributed by atoms with Crippen LogP contribution in [-0.4, -0.2) is 61.9 Å². The SMILES string of the molecule is CCn1c(Cn2ccnc2)nnc1C1CCN(CC2[C@H]3CNC[C@@H]23)CC1. The van der Waals surface area contributed by atoms with Crippen molar-refractivity contribution in [2.45, 2.75) is 38.8 Å². The lowest BCUT2D eigenvalue weighted by Crippen LogP contribution is -2.36. The van der Waals surface area contributed by atoms with Crippen LogP contribution in [0.4, 0.5) is 0 Å². The molecule has 0 radical (unpaired) electrons. The predicted octanol–water partition coefficient (Wildman–Crippen LogP) is 1.19. The molecule has 2 saturated heterocycles. The highest BCUT2D eigenvalue weighted by molar-refractivity contribution is 5.07. The zero-order chi connectivity index (χ0) is 17.5. The lowest BCUT2D eigenvalue weighted by Gasteiger charge is -2.32. The van der Waals surface area contributed by atoms with E-state index in [0.717, 1.165) is 36.7 Å². The van der Waals surface area contributed by atoms with Gasteiger partial charge in [-0.3, -0.25) is 0 Å². The molecule has 1 unspecified atom stereocenters. The number of hydrogen-bond acceptors (Lipinski definition) is 5. The summed E-state index contributed by atoms with van der Waals surface area (Å²) < 4.78 is 4.38. The topological polar surface area (TPSA) is 63.8 Å². The van der Waals surface area contributed by atoms with Crippen molar-refractivity contribution in [3.63, 3.8) is 0 Å². The van der Waals surface area contributed by atoms with E-state index in [1.54, 1.807) is 0 Å². The average Bonchev–Trinajstić information content (AvgIpc) is 3.18. The fraction of sp³-hybridized carbons (Fsp3) is 0.737. The van der Waals surface area contributed by atoms with Crippen molar-refractivity contribution in [1.29, 1.82) is 0 Å². The van der Waals surface area contributed by atoms with Gasteiger partial charge in [-0.1, -0.05) is 0 Å². The van der Waals surface area contributed by atoms with E-state index in [0.29, 0.717) is 5.92 Å². The predicted molar refractivity (Wildman–Crippen MR) is 98.8 cm³/mol. The maximum atomic E-state index is 4.59. The van der Waals surface area contributed by atoms with E-state index in [2.05, 4.69) is 41.5 Å². The Kier molecular flexibility index (Phi) is 4.29. The molecule has 1 aliphatic carbocycles. The average molecular weight is 355 g/mol. The van der Waals surface area contributed by atoms with E-state index in [-0.39, 0.29) is 0 Å². The molecule has 1 saturated carbocycles. The van der Waals surface area contributed by atoms with E-state index in [1.165, 1.54) is 51.4 Å². The van der Waals surface area contributed by atoms with Crippen LogP contribution in [0.2, 0.25) is 0 Å². The quantitative estimate of drug-likeness (QED) is 0.843. The Bertz CT molecular complexity index is 719. The Morgan fingerprint density at radius 3 is 2.65 bits per heavy atom. The Balaban J connectivity index is 1.20. The van der Waals surface area contributed by atoms with Crippen molar-refractivity contribution in [1.82, 2.24) is 34.5 Å². The standard InChI is InChI=1S/C19H29N7/c1-2-26-18(12-25-8-5-20-13-25)22-23-19(26)14-3-6-24(7-4-14)11-17-15-9-21-10-16(15)17/h5,8,13-17,21H,2-4,6-7,9-12H2,1H3/t15-,16+,17?. The minimum atomic E-state index is 0.551. The highest BCUT2D eigenvalue weighted by Crippen LogP contribution is 2.49. The van der Waals surface area contributed by atoms with Crippen LogP contribution < -0.4 is 5.32 Å². The molecule has 2 aliphatic heterocycles. The Morgan fingerprint density at radius 1 is 1.15 bits per heavy atom. The van der Waals surface area contributed by atoms with Crippen molar-refractivity contribution >= 4 is 0 Å². The van der Waals surface area contributed by atoms with Gasteiger partial charge in [0, 0.05) is 31.4 Å². The summed E-state index contributed by atoms with van der Waals surface area (Å²) in [4.78, 5) is 6.82. The molecule has 0 bridgehead atoms. The molecule has 140 valence electrons. The molecule has 3 aliphatic rings. The number of hydrogen-bond donors (Lipinski definition) is 1. The van der Waals surface area contributed by atoms with Gasteiger partial charge in [0.05, 0.1) is 12.9 Å². The molecule has 3 atom stereocenters. The fourth-order valence-corrected chi connectivity index (χ4v) is 5.15. The number of nitrogens with zero attached hydrogens (tertiary/aromatic N) is 6. The van der Waals surface area contributed by atoms with Crippen molar-refractivity contribution in [2.24, 2.45) is 17.8 Å². The summed E-state index contributed by atoms with van der Waals surface area (Å²) in [5, 5.41) is 12.6. The number of aromatic nitrogens is 5. The number of nitrogens with one attached hydrogen (secondary N) is 1. The minimum Gasteiger partial charge on any atom is -0.330 e. The molecule has 2 aromatic rings. The number of imidazole rings is 1. The largest absolute Gasteiger partial charge is 0.330 e. The molecular weight excluding hydrogens is 326 g/mol. The summed E-state index contributed by atoms with van der Waals surface area (Å²) in [5.41, 5.74) is 0. The molecule has 1 N–H and O–H groups in total. The molecular formula is C19H29N7. The van der Waals surface area contributed by atoms with Gasteiger partial charge < -0.3 is 19.4 Å². The third-order valence-electron chi connectivity index (χ3n) is 6.75. The van der Waals surface area contributed by atoms with Crippen LogP contribution in [0.25, 0.3) is 0 Å². The molecule has 3 fully saturated rings. The molecule has 2 aromatic heterocycles. The summed E-state index contributed by atoms with van der Waals surface area (Å²) in [5.74, 6) is 5.70. The second-order valence-electron chi connectivity index (χ2n) is 8.18. The molecule has 5 rings (SSSR count). The summed E-state index contributed by atoms with van der Waals surface area (Å²) in [6, 6.07) is 0. The minimum absolute atomic E-state index is 0.551. The number of likely N-dealkylation sites (tertiary alicyclic amines) is 1. The second-order valence-corrected chi connectivity index (χ2v) is 8.18. The van der Waals surface area contributed by atoms with Gasteiger partial charge in [0.15, 0.2) is 5.82 Å². The fourth-order valence-electron chi connectivity index (χ4n) is 5.15. The zero-order valence-corrected chi connectivity index (χ0v) is 15.6. The van der Waals surface area contributed by atoms with Gasteiger partial charge in [-0.25, -0.2) is 4.98 Å². The Hall–Kier alpha value is -1.73. The molecule has 0 amide bonds. The third kappa shape index (κ3) is 2.97. The highest BCUT2D eigenvalue weighted by Gasteiger charge is 2.52. The van der Waals surface area contributed by atoms with Crippen LogP contribution in [-0.2, 0) is 13.1 Å². The molecule has 0 spiro atoms. The number of piperidine rings is 2. The van der Waals surface area contributed by atoms with Gasteiger partial charge in [-0.2, -0.15) is 0 Å². The van der Waals surface area contributed by atoms with Crippen LogP contribution >= 0.6 is 0 Å². The van der Waals surface area contributed by atoms with Gasteiger partial charge in [0.25, 0.3) is 0 Å². The first-order chi connectivity index (χ1) is 12.8. The van der Waals surface area contributed by atoms with Crippen molar-refractivity contribution in [2.75, 3.05) is 32.7 Å². The molecule has 4 heterocycles. The second kappa shape index (κ2) is 6.78. The Labute approximate surface area is 154 Å². The van der Waals surface area contributed by atoms with Crippen LogP contribution in [0.3, 0.4) is 0 Å². The lowest BCUT2D eigenvalue weighted by molar-refractivity contribution is 0.193. The van der Waals surface area contributed by atoms with Crippen molar-refractivity contribution < 1.29 is 0 Å². The molecule has 7 nitrogen and oxygen atoms in total. The number of fused-ring (bicyclic) bond motifs is 1. The first kappa shape index (κ1) is 16.4. The van der Waals surface area contributed by atoms with Crippen LogP contribution in [0.15, 0.2) is 18.7 Å². The van der Waals surface area contributed by atoms with Gasteiger partial charge in [0.2, 0.25) is 0 Å². The highest BCUT2D eigenvalue weighted by atomic mass is 15.3. The summed E-state index contributed by atoms with van der Waals surface area (Å²) in [7, 11) is 0. The zero-order valence-electron chi connectivity index (χ0n) is 15.6. The maximum Gasteiger partial charge on any atom is 0.153 e. The van der Waals surface area contributed by atoms with Crippen molar-refractivity contribution in [3.05, 3.63) is 30.4 Å². The van der Waals surface area contributed by atoms with Gasteiger partial charge in [0.1, 0.15) is 5.82 Å². The van der Waals surface area contributed by atoms with Crippen LogP contribution in [0.5, 0.6) is 0 Å². The molecule has 7 heteroatoms. The molecule has 26 heavy (non-hydrogen) atoms. The monoisotopic (exact) mass is 355 g/mol. The summed E-state index contributed by atoms with van der Waals surface area (Å²) in [6.07, 6.45) is 8.06. The van der Waals surface area contributed by atoms with E-state index in [1.807, 2.05) is 18.7 Å². The van der Waals surface area contributed by atoms with Crippen LogP contribution in [0.1, 0.15) is 37.3 Å². The smallest absolute Gasteiger partial charge is 0.153 e. The Morgan fingerprint density at radius 2 is 1.96 bits per heavy atom. The van der Waals surface area contributed by atoms with Gasteiger partial charge >= 0.3 is 0 Å². The summed E-state index contributed by atoms with van der Waals surface area (Å²) >= 11 is 0. The molecule has 0 aromatic carbocycles. The van der Waals surface area contributed by atoms with E-state index >= 15 is 0 Å². The first-order valence-electron chi connectivity index (χ1n) is 10.1. The van der Waals surface area contributed by atoms with E-state index in [9.17, 15) is 0 Å². The maximum absolute atomic E-state index is 4.59. The van der Waals surface area contributed by atoms with E-state index < -0.39 is 0 Å². The van der Waals surface area contributed by atoms with E-state index in [4.69, 9.17) is 0 Å². The first-order valence-corrected chi connectivity index (χ1v) is 10.1. The number of rotatable bonds is 6. The van der Waals surface area contributed by atoms with Crippen molar-refractivity contribution in [3.8, 4) is 0 Å². The normalized spacial score (nSPS) is 29.2. The third-order valence-corrected chi connectivity index (χ3v) is 6.75. The van der Waals surface area contributed by atoms with Crippen LogP contribution in [0, 0.1) is 17.8 Å². The lowest BCUT2D eigenvalue weighted by atomic mass is 9.95. The van der Waals surface area contributed by atoms with Gasteiger partial charge in [-0.05, 0) is 63.7 Å². The summed E-state index contributed by atoms with van der Waals surface area (Å²) in [6.45, 7) is 10.1. The van der Waals surface area contributed by atoms with Gasteiger partial charge in [-0.15, -0.1) is 10.2 Å².